The van der Waals surface area contributed by atoms with E-state index in [1.165, 1.54) is 25.7 Å². The average Bonchev–Trinajstić information content (AvgIpc) is 2.42. The van der Waals surface area contributed by atoms with Gasteiger partial charge in [0.05, 0.1) is 0 Å². The molecule has 2 rings (SSSR count). The SMILES string of the molecule is O=C1CCNC2(CCCC2)CN1. The van der Waals surface area contributed by atoms with Crippen molar-refractivity contribution in [1.29, 1.82) is 0 Å². The molecule has 1 spiro atoms. The van der Waals surface area contributed by atoms with Crippen molar-refractivity contribution in [2.45, 2.75) is 37.6 Å². The van der Waals surface area contributed by atoms with E-state index in [0.717, 1.165) is 13.1 Å². The summed E-state index contributed by atoms with van der Waals surface area (Å²) in [5, 5.41) is 6.48. The third kappa shape index (κ3) is 1.46. The molecule has 1 aliphatic heterocycles. The summed E-state index contributed by atoms with van der Waals surface area (Å²) in [4.78, 5) is 11.1. The number of carbonyl (C=O) groups is 1. The molecule has 2 fully saturated rings. The van der Waals surface area contributed by atoms with Gasteiger partial charge < -0.3 is 10.6 Å². The number of amides is 1. The highest BCUT2D eigenvalue weighted by Gasteiger charge is 2.34. The monoisotopic (exact) mass is 168 g/mol. The Morgan fingerprint density at radius 3 is 2.75 bits per heavy atom. The molecule has 1 aliphatic carbocycles. The summed E-state index contributed by atoms with van der Waals surface area (Å²) in [5.74, 6) is 0.200. The summed E-state index contributed by atoms with van der Waals surface area (Å²) >= 11 is 0. The maximum atomic E-state index is 11.1. The van der Waals surface area contributed by atoms with E-state index >= 15 is 0 Å². The van der Waals surface area contributed by atoms with Crippen molar-refractivity contribution in [2.75, 3.05) is 13.1 Å². The fourth-order valence-electron chi connectivity index (χ4n) is 2.27. The third-order valence-electron chi connectivity index (χ3n) is 3.04. The molecule has 0 aromatic rings. The van der Waals surface area contributed by atoms with E-state index in [1.807, 2.05) is 0 Å². The molecule has 12 heavy (non-hydrogen) atoms. The third-order valence-corrected chi connectivity index (χ3v) is 3.04. The Hall–Kier alpha value is -0.570. The molecule has 1 saturated carbocycles. The van der Waals surface area contributed by atoms with Gasteiger partial charge in [0.2, 0.25) is 5.91 Å². The Balaban J connectivity index is 2.01. The van der Waals surface area contributed by atoms with Crippen LogP contribution in [0.15, 0.2) is 0 Å². The lowest BCUT2D eigenvalue weighted by atomic mass is 9.98. The molecule has 2 N–H and O–H groups in total. The molecule has 0 unspecified atom stereocenters. The maximum Gasteiger partial charge on any atom is 0.221 e. The van der Waals surface area contributed by atoms with E-state index in [4.69, 9.17) is 0 Å². The van der Waals surface area contributed by atoms with Crippen molar-refractivity contribution in [3.63, 3.8) is 0 Å². The molecule has 0 bridgehead atoms. The fraction of sp³-hybridized carbons (Fsp3) is 0.889. The Morgan fingerprint density at radius 2 is 2.00 bits per heavy atom. The van der Waals surface area contributed by atoms with Crippen molar-refractivity contribution in [3.05, 3.63) is 0 Å². The average molecular weight is 168 g/mol. The number of hydrogen-bond donors (Lipinski definition) is 2. The summed E-state index contributed by atoms with van der Waals surface area (Å²) < 4.78 is 0. The fourth-order valence-corrected chi connectivity index (χ4v) is 2.27. The molecule has 0 atom stereocenters. The number of nitrogens with one attached hydrogen (secondary N) is 2. The van der Waals surface area contributed by atoms with Gasteiger partial charge in [0.1, 0.15) is 0 Å². The highest BCUT2D eigenvalue weighted by Crippen LogP contribution is 2.29. The highest BCUT2D eigenvalue weighted by molar-refractivity contribution is 5.76. The van der Waals surface area contributed by atoms with Crippen molar-refractivity contribution >= 4 is 5.91 Å². The van der Waals surface area contributed by atoms with Crippen LogP contribution in [0.1, 0.15) is 32.1 Å². The number of hydrogen-bond acceptors (Lipinski definition) is 2. The van der Waals surface area contributed by atoms with Crippen molar-refractivity contribution in [1.82, 2.24) is 10.6 Å². The second-order valence-electron chi connectivity index (χ2n) is 3.94. The summed E-state index contributed by atoms with van der Waals surface area (Å²) in [7, 11) is 0. The molecule has 3 nitrogen and oxygen atoms in total. The molecule has 1 heterocycles. The minimum Gasteiger partial charge on any atom is -0.354 e. The van der Waals surface area contributed by atoms with E-state index in [9.17, 15) is 4.79 Å². The number of rotatable bonds is 0. The molecule has 1 amide bonds. The first-order chi connectivity index (χ1) is 5.81. The van der Waals surface area contributed by atoms with Gasteiger partial charge in [-0.15, -0.1) is 0 Å². The van der Waals surface area contributed by atoms with Crippen LogP contribution in [0.25, 0.3) is 0 Å². The predicted octanol–water partition coefficient (Wildman–Crippen LogP) is 0.409. The molecule has 0 aromatic heterocycles. The van der Waals surface area contributed by atoms with Gasteiger partial charge in [0, 0.05) is 25.0 Å². The first-order valence-electron chi connectivity index (χ1n) is 4.83. The Labute approximate surface area is 72.9 Å². The van der Waals surface area contributed by atoms with Gasteiger partial charge in [-0.1, -0.05) is 12.8 Å². The van der Waals surface area contributed by atoms with E-state index in [1.54, 1.807) is 0 Å². The van der Waals surface area contributed by atoms with Gasteiger partial charge in [-0.2, -0.15) is 0 Å². The van der Waals surface area contributed by atoms with E-state index in [0.29, 0.717) is 6.42 Å². The molecule has 0 radical (unpaired) electrons. The minimum atomic E-state index is 0.200. The lowest BCUT2D eigenvalue weighted by Gasteiger charge is -2.27. The van der Waals surface area contributed by atoms with Crippen molar-refractivity contribution in [3.8, 4) is 0 Å². The second-order valence-corrected chi connectivity index (χ2v) is 3.94. The zero-order valence-corrected chi connectivity index (χ0v) is 7.36. The highest BCUT2D eigenvalue weighted by atomic mass is 16.1. The largest absolute Gasteiger partial charge is 0.354 e. The molecular formula is C9H16N2O. The van der Waals surface area contributed by atoms with Crippen LogP contribution in [0.4, 0.5) is 0 Å². The van der Waals surface area contributed by atoms with Crippen molar-refractivity contribution in [2.24, 2.45) is 0 Å². The van der Waals surface area contributed by atoms with Gasteiger partial charge in [-0.05, 0) is 12.8 Å². The summed E-state index contributed by atoms with van der Waals surface area (Å²) in [5.41, 5.74) is 0.256. The number of carbonyl (C=O) groups excluding carboxylic acids is 1. The van der Waals surface area contributed by atoms with E-state index in [-0.39, 0.29) is 11.4 Å². The standard InChI is InChI=1S/C9H16N2O/c12-8-3-6-11-9(7-10-8)4-1-2-5-9/h11H,1-7H2,(H,10,12). The topological polar surface area (TPSA) is 41.1 Å². The Kier molecular flexibility index (Phi) is 2.05. The predicted molar refractivity (Wildman–Crippen MR) is 46.8 cm³/mol. The van der Waals surface area contributed by atoms with Gasteiger partial charge in [0.25, 0.3) is 0 Å². The van der Waals surface area contributed by atoms with Crippen LogP contribution < -0.4 is 10.6 Å². The molecule has 1 saturated heterocycles. The Bertz CT molecular complexity index is 185. The van der Waals surface area contributed by atoms with E-state index in [2.05, 4.69) is 10.6 Å². The van der Waals surface area contributed by atoms with Crippen LogP contribution >= 0.6 is 0 Å². The van der Waals surface area contributed by atoms with E-state index < -0.39 is 0 Å². The molecule has 0 aromatic carbocycles. The zero-order chi connectivity index (χ0) is 8.44. The van der Waals surface area contributed by atoms with Crippen LogP contribution in [0, 0.1) is 0 Å². The molecule has 2 aliphatic rings. The first kappa shape index (κ1) is 8.05. The summed E-state index contributed by atoms with van der Waals surface area (Å²) in [6.45, 7) is 1.69. The minimum absolute atomic E-state index is 0.200. The maximum absolute atomic E-state index is 11.1. The summed E-state index contributed by atoms with van der Waals surface area (Å²) in [6, 6.07) is 0. The van der Waals surface area contributed by atoms with Crippen LogP contribution in [0.3, 0.4) is 0 Å². The first-order valence-corrected chi connectivity index (χ1v) is 4.83. The van der Waals surface area contributed by atoms with Gasteiger partial charge in [-0.25, -0.2) is 0 Å². The zero-order valence-electron chi connectivity index (χ0n) is 7.36. The normalized spacial score (nSPS) is 28.5. The van der Waals surface area contributed by atoms with Crippen LogP contribution in [0.2, 0.25) is 0 Å². The quantitative estimate of drug-likeness (QED) is 0.550. The van der Waals surface area contributed by atoms with Crippen molar-refractivity contribution < 1.29 is 4.79 Å². The lowest BCUT2D eigenvalue weighted by Crippen LogP contribution is -2.48. The van der Waals surface area contributed by atoms with Gasteiger partial charge >= 0.3 is 0 Å². The second kappa shape index (κ2) is 3.05. The van der Waals surface area contributed by atoms with Crippen LogP contribution in [-0.4, -0.2) is 24.5 Å². The lowest BCUT2D eigenvalue weighted by molar-refractivity contribution is -0.120. The van der Waals surface area contributed by atoms with Crippen LogP contribution in [-0.2, 0) is 4.79 Å². The molecular weight excluding hydrogens is 152 g/mol. The molecule has 68 valence electrons. The van der Waals surface area contributed by atoms with Gasteiger partial charge in [-0.3, -0.25) is 4.79 Å². The van der Waals surface area contributed by atoms with Gasteiger partial charge in [0.15, 0.2) is 0 Å². The van der Waals surface area contributed by atoms with Crippen LogP contribution in [0.5, 0.6) is 0 Å². The molecule has 3 heteroatoms. The Morgan fingerprint density at radius 1 is 1.25 bits per heavy atom. The smallest absolute Gasteiger partial charge is 0.221 e. The summed E-state index contributed by atoms with van der Waals surface area (Å²) in [6.07, 6.45) is 5.72.